The maximum Gasteiger partial charge on any atom is 0.407 e. The standard InChI is InChI=1S/C24H25NO5S/c1-23(2,3)30-22(28)25-15-19-12-13-20(31-19)16-8-7-11-18(14-16)24(29,21(26)27)17-9-5-4-6-10-17/h4-14,29H,15H2,1-3H3,(H,25,28)(H,26,27)/t24-/m0/s1. The molecule has 6 nitrogen and oxygen atoms in total. The van der Waals surface area contributed by atoms with Crippen molar-refractivity contribution in [2.75, 3.05) is 0 Å². The van der Waals surface area contributed by atoms with Gasteiger partial charge in [-0.3, -0.25) is 0 Å². The quantitative estimate of drug-likeness (QED) is 0.515. The first-order chi connectivity index (χ1) is 14.6. The number of aliphatic carboxylic acids is 1. The molecule has 0 fully saturated rings. The Kier molecular flexibility index (Phi) is 6.48. The first-order valence-electron chi connectivity index (χ1n) is 9.77. The van der Waals surface area contributed by atoms with Gasteiger partial charge in [0.2, 0.25) is 5.60 Å². The zero-order valence-corrected chi connectivity index (χ0v) is 18.4. The second kappa shape index (κ2) is 8.91. The normalized spacial score (nSPS) is 13.3. The summed E-state index contributed by atoms with van der Waals surface area (Å²) in [6, 6.07) is 19.0. The predicted molar refractivity (Wildman–Crippen MR) is 120 cm³/mol. The molecule has 3 aromatic rings. The summed E-state index contributed by atoms with van der Waals surface area (Å²) in [4.78, 5) is 25.7. The number of ether oxygens (including phenoxy) is 1. The molecule has 31 heavy (non-hydrogen) atoms. The summed E-state index contributed by atoms with van der Waals surface area (Å²) >= 11 is 1.47. The molecule has 0 saturated carbocycles. The Morgan fingerprint density at radius 1 is 0.968 bits per heavy atom. The lowest BCUT2D eigenvalue weighted by Gasteiger charge is -2.25. The van der Waals surface area contributed by atoms with Gasteiger partial charge in [-0.1, -0.05) is 48.5 Å². The Labute approximate surface area is 185 Å². The van der Waals surface area contributed by atoms with E-state index in [4.69, 9.17) is 4.74 Å². The SMILES string of the molecule is CC(C)(C)OC(=O)NCc1ccc(-c2cccc([C@](O)(C(=O)O)c3ccccc3)c2)s1. The Morgan fingerprint density at radius 2 is 1.65 bits per heavy atom. The molecule has 1 atom stereocenters. The average Bonchev–Trinajstić information content (AvgIpc) is 3.20. The minimum Gasteiger partial charge on any atom is -0.479 e. The summed E-state index contributed by atoms with van der Waals surface area (Å²) in [5.74, 6) is -1.34. The van der Waals surface area contributed by atoms with Crippen LogP contribution in [0.4, 0.5) is 4.79 Å². The topological polar surface area (TPSA) is 95.9 Å². The van der Waals surface area contributed by atoms with Gasteiger partial charge in [-0.2, -0.15) is 0 Å². The lowest BCUT2D eigenvalue weighted by Crippen LogP contribution is -2.36. The monoisotopic (exact) mass is 439 g/mol. The van der Waals surface area contributed by atoms with Crippen molar-refractivity contribution in [3.8, 4) is 10.4 Å². The Morgan fingerprint density at radius 3 is 2.29 bits per heavy atom. The van der Waals surface area contributed by atoms with E-state index in [9.17, 15) is 19.8 Å². The van der Waals surface area contributed by atoms with Gasteiger partial charge in [0.05, 0.1) is 6.54 Å². The van der Waals surface area contributed by atoms with Crippen LogP contribution < -0.4 is 5.32 Å². The maximum atomic E-state index is 12.0. The number of nitrogens with one attached hydrogen (secondary N) is 1. The molecule has 0 unspecified atom stereocenters. The van der Waals surface area contributed by atoms with Crippen molar-refractivity contribution in [2.24, 2.45) is 0 Å². The number of thiophene rings is 1. The molecule has 1 aromatic heterocycles. The lowest BCUT2D eigenvalue weighted by molar-refractivity contribution is -0.155. The number of hydrogen-bond acceptors (Lipinski definition) is 5. The minimum absolute atomic E-state index is 0.269. The molecule has 1 amide bonds. The van der Waals surface area contributed by atoms with E-state index in [0.29, 0.717) is 6.54 Å². The number of carboxylic acid groups (broad SMARTS) is 1. The molecule has 1 heterocycles. The van der Waals surface area contributed by atoms with Crippen molar-refractivity contribution in [2.45, 2.75) is 38.5 Å². The van der Waals surface area contributed by atoms with Crippen LogP contribution in [0.15, 0.2) is 66.7 Å². The number of aliphatic hydroxyl groups is 1. The summed E-state index contributed by atoms with van der Waals surface area (Å²) in [6.45, 7) is 5.73. The van der Waals surface area contributed by atoms with Crippen molar-refractivity contribution in [1.29, 1.82) is 0 Å². The van der Waals surface area contributed by atoms with E-state index in [1.54, 1.807) is 69.3 Å². The van der Waals surface area contributed by atoms with Gasteiger partial charge in [0.1, 0.15) is 5.60 Å². The second-order valence-corrected chi connectivity index (χ2v) is 9.25. The molecule has 7 heteroatoms. The molecule has 3 N–H and O–H groups in total. The van der Waals surface area contributed by atoms with Crippen LogP contribution in [0.5, 0.6) is 0 Å². The lowest BCUT2D eigenvalue weighted by atomic mass is 9.85. The zero-order valence-electron chi connectivity index (χ0n) is 17.6. The summed E-state index contributed by atoms with van der Waals surface area (Å²) in [5, 5.41) is 23.6. The number of alkyl carbamates (subject to hydrolysis) is 1. The summed E-state index contributed by atoms with van der Waals surface area (Å²) in [7, 11) is 0. The molecule has 2 aromatic carbocycles. The summed E-state index contributed by atoms with van der Waals surface area (Å²) in [5.41, 5.74) is -1.39. The van der Waals surface area contributed by atoms with Crippen molar-refractivity contribution in [3.63, 3.8) is 0 Å². The number of carboxylic acids is 1. The molecule has 0 radical (unpaired) electrons. The van der Waals surface area contributed by atoms with Crippen LogP contribution >= 0.6 is 11.3 Å². The first-order valence-corrected chi connectivity index (χ1v) is 10.6. The molecule has 0 aliphatic heterocycles. The van der Waals surface area contributed by atoms with Gasteiger partial charge < -0.3 is 20.3 Å². The number of carbonyl (C=O) groups excluding carboxylic acids is 1. The number of carbonyl (C=O) groups is 2. The van der Waals surface area contributed by atoms with Crippen molar-refractivity contribution >= 4 is 23.4 Å². The van der Waals surface area contributed by atoms with E-state index < -0.39 is 23.3 Å². The number of hydrogen-bond donors (Lipinski definition) is 3. The van der Waals surface area contributed by atoms with Crippen LogP contribution in [0.2, 0.25) is 0 Å². The summed E-state index contributed by atoms with van der Waals surface area (Å²) in [6.07, 6.45) is -0.487. The molecule has 0 aliphatic carbocycles. The Balaban J connectivity index is 1.82. The molecule has 0 bridgehead atoms. The van der Waals surface area contributed by atoms with Crippen LogP contribution in [0.3, 0.4) is 0 Å². The molecule has 0 saturated heterocycles. The van der Waals surface area contributed by atoms with Crippen molar-refractivity contribution in [3.05, 3.63) is 82.7 Å². The summed E-state index contributed by atoms with van der Waals surface area (Å²) < 4.78 is 5.24. The van der Waals surface area contributed by atoms with Gasteiger partial charge in [0.25, 0.3) is 0 Å². The van der Waals surface area contributed by atoms with E-state index in [2.05, 4.69) is 5.32 Å². The Bertz CT molecular complexity index is 1070. The smallest absolute Gasteiger partial charge is 0.407 e. The van der Waals surface area contributed by atoms with E-state index in [1.165, 1.54) is 11.3 Å². The number of rotatable bonds is 6. The highest BCUT2D eigenvalue weighted by molar-refractivity contribution is 7.15. The Hall–Kier alpha value is -3.16. The second-order valence-electron chi connectivity index (χ2n) is 8.08. The van der Waals surface area contributed by atoms with Crippen molar-refractivity contribution in [1.82, 2.24) is 5.32 Å². The highest BCUT2D eigenvalue weighted by Gasteiger charge is 2.40. The van der Waals surface area contributed by atoms with Crippen LogP contribution in [-0.2, 0) is 21.7 Å². The van der Waals surface area contributed by atoms with E-state index in [0.717, 1.165) is 15.3 Å². The molecule has 3 rings (SSSR count). The molecule has 0 aliphatic rings. The zero-order chi connectivity index (χ0) is 22.6. The fourth-order valence-electron chi connectivity index (χ4n) is 3.09. The molecule has 162 valence electrons. The van der Waals surface area contributed by atoms with Crippen LogP contribution in [0, 0.1) is 0 Å². The minimum atomic E-state index is -2.16. The van der Waals surface area contributed by atoms with Gasteiger partial charge >= 0.3 is 12.1 Å². The van der Waals surface area contributed by atoms with E-state index in [-0.39, 0.29) is 11.1 Å². The molecule has 0 spiro atoms. The predicted octanol–water partition coefficient (Wildman–Crippen LogP) is 4.76. The van der Waals surface area contributed by atoms with Gasteiger partial charge in [0, 0.05) is 15.3 Å². The fourth-order valence-corrected chi connectivity index (χ4v) is 4.04. The van der Waals surface area contributed by atoms with Crippen LogP contribution in [-0.4, -0.2) is 27.9 Å². The highest BCUT2D eigenvalue weighted by atomic mass is 32.1. The molecular weight excluding hydrogens is 414 g/mol. The van der Waals surface area contributed by atoms with Crippen molar-refractivity contribution < 1.29 is 24.5 Å². The van der Waals surface area contributed by atoms with Crippen LogP contribution in [0.25, 0.3) is 10.4 Å². The van der Waals surface area contributed by atoms with E-state index >= 15 is 0 Å². The van der Waals surface area contributed by atoms with Gasteiger partial charge in [0.15, 0.2) is 0 Å². The highest BCUT2D eigenvalue weighted by Crippen LogP contribution is 2.34. The third kappa shape index (κ3) is 5.31. The third-order valence-corrected chi connectivity index (χ3v) is 5.67. The first kappa shape index (κ1) is 22.5. The molecular formula is C24H25NO5S. The number of amides is 1. The van der Waals surface area contributed by atoms with E-state index in [1.807, 2.05) is 18.2 Å². The largest absolute Gasteiger partial charge is 0.479 e. The average molecular weight is 440 g/mol. The third-order valence-electron chi connectivity index (χ3n) is 4.53. The number of benzene rings is 2. The van der Waals surface area contributed by atoms with Gasteiger partial charge in [-0.05, 0) is 50.1 Å². The van der Waals surface area contributed by atoms with Crippen LogP contribution in [0.1, 0.15) is 36.8 Å². The fraction of sp³-hybridized carbons (Fsp3) is 0.250. The van der Waals surface area contributed by atoms with Gasteiger partial charge in [-0.25, -0.2) is 9.59 Å². The van der Waals surface area contributed by atoms with Gasteiger partial charge in [-0.15, -0.1) is 11.3 Å². The maximum absolute atomic E-state index is 12.0.